The highest BCUT2D eigenvalue weighted by atomic mass is 35.5. The molecule has 0 fully saturated rings. The maximum absolute atomic E-state index is 12.2. The Morgan fingerprint density at radius 1 is 1.11 bits per heavy atom. The van der Waals surface area contributed by atoms with Gasteiger partial charge in [-0.15, -0.1) is 0 Å². The highest BCUT2D eigenvalue weighted by Crippen LogP contribution is 2.26. The molecule has 106 valence electrons. The first-order chi connectivity index (χ1) is 8.74. The van der Waals surface area contributed by atoms with Gasteiger partial charge in [0.1, 0.15) is 5.84 Å². The SMILES string of the molecule is FC(F)Sc1ccc(NC2=NCCCCC2)cc1.[Cl-]. The van der Waals surface area contributed by atoms with Gasteiger partial charge >= 0.3 is 0 Å². The molecule has 1 heterocycles. The summed E-state index contributed by atoms with van der Waals surface area (Å²) in [6.45, 7) is 0.877. The van der Waals surface area contributed by atoms with Crippen LogP contribution in [0.15, 0.2) is 34.2 Å². The minimum absolute atomic E-state index is 0. The van der Waals surface area contributed by atoms with Gasteiger partial charge in [0, 0.05) is 23.5 Å². The van der Waals surface area contributed by atoms with Crippen LogP contribution in [0.4, 0.5) is 14.5 Å². The van der Waals surface area contributed by atoms with Crippen LogP contribution in [-0.2, 0) is 0 Å². The maximum atomic E-state index is 12.2. The van der Waals surface area contributed by atoms with Crippen LogP contribution in [0, 0.1) is 0 Å². The van der Waals surface area contributed by atoms with Crippen LogP contribution >= 0.6 is 11.8 Å². The monoisotopic (exact) mass is 305 g/mol. The van der Waals surface area contributed by atoms with E-state index in [0.717, 1.165) is 37.3 Å². The van der Waals surface area contributed by atoms with Crippen LogP contribution in [0.1, 0.15) is 25.7 Å². The van der Waals surface area contributed by atoms with Gasteiger partial charge in [-0.2, -0.15) is 8.78 Å². The molecule has 0 saturated heterocycles. The van der Waals surface area contributed by atoms with Gasteiger partial charge in [0.05, 0.1) is 0 Å². The molecule has 0 aromatic heterocycles. The third-order valence-electron chi connectivity index (χ3n) is 2.74. The van der Waals surface area contributed by atoms with E-state index < -0.39 is 5.76 Å². The molecule has 0 aliphatic carbocycles. The Bertz CT molecular complexity index is 410. The van der Waals surface area contributed by atoms with Crippen LogP contribution < -0.4 is 17.7 Å². The minimum Gasteiger partial charge on any atom is -1.00 e. The van der Waals surface area contributed by atoms with Crippen LogP contribution in [0.2, 0.25) is 0 Å². The van der Waals surface area contributed by atoms with Crippen molar-refractivity contribution in [1.29, 1.82) is 0 Å². The van der Waals surface area contributed by atoms with Crippen LogP contribution in [0.5, 0.6) is 0 Å². The summed E-state index contributed by atoms with van der Waals surface area (Å²) in [5.74, 6) is -1.36. The Morgan fingerprint density at radius 2 is 1.84 bits per heavy atom. The lowest BCUT2D eigenvalue weighted by atomic mass is 10.2. The normalized spacial score (nSPS) is 15.4. The van der Waals surface area contributed by atoms with Crippen molar-refractivity contribution in [3.63, 3.8) is 0 Å². The number of nitrogens with zero attached hydrogens (tertiary/aromatic N) is 1. The first kappa shape index (κ1) is 16.2. The van der Waals surface area contributed by atoms with E-state index in [1.807, 2.05) is 12.1 Å². The first-order valence-corrected chi connectivity index (χ1v) is 6.97. The third kappa shape index (κ3) is 5.78. The molecule has 19 heavy (non-hydrogen) atoms. The number of benzene rings is 1. The minimum atomic E-state index is -2.37. The highest BCUT2D eigenvalue weighted by molar-refractivity contribution is 7.99. The second-order valence-corrected chi connectivity index (χ2v) is 5.23. The number of amidine groups is 1. The zero-order valence-electron chi connectivity index (χ0n) is 10.4. The molecule has 1 aromatic rings. The fourth-order valence-electron chi connectivity index (χ4n) is 1.86. The molecule has 0 unspecified atom stereocenters. The summed E-state index contributed by atoms with van der Waals surface area (Å²) in [4.78, 5) is 5.05. The second-order valence-electron chi connectivity index (χ2n) is 4.17. The van der Waals surface area contributed by atoms with Crippen LogP contribution in [0.25, 0.3) is 0 Å². The molecule has 2 rings (SSSR count). The number of alkyl halides is 2. The summed E-state index contributed by atoms with van der Waals surface area (Å²) >= 11 is 0.565. The van der Waals surface area contributed by atoms with Crippen molar-refractivity contribution in [2.75, 3.05) is 11.9 Å². The van der Waals surface area contributed by atoms with E-state index in [-0.39, 0.29) is 12.4 Å². The number of hydrogen-bond acceptors (Lipinski definition) is 3. The summed E-state index contributed by atoms with van der Waals surface area (Å²) in [5, 5.41) is 3.25. The van der Waals surface area contributed by atoms with Gasteiger partial charge in [0.15, 0.2) is 0 Å². The van der Waals surface area contributed by atoms with Crippen molar-refractivity contribution in [1.82, 2.24) is 0 Å². The molecule has 1 aliphatic heterocycles. The number of halogens is 3. The molecule has 1 aliphatic rings. The molecule has 2 nitrogen and oxygen atoms in total. The Labute approximate surface area is 122 Å². The van der Waals surface area contributed by atoms with E-state index in [9.17, 15) is 8.78 Å². The number of thioether (sulfide) groups is 1. The van der Waals surface area contributed by atoms with E-state index in [1.54, 1.807) is 12.1 Å². The van der Waals surface area contributed by atoms with Crippen LogP contribution in [-0.4, -0.2) is 18.1 Å². The standard InChI is InChI=1S/C13H16F2N2S.ClH/c14-13(15)18-11-7-5-10(6-8-11)17-12-4-2-1-3-9-16-12;/h5-8,13H,1-4,9H2,(H,16,17);1H/p-1. The predicted molar refractivity (Wildman–Crippen MR) is 72.7 cm³/mol. The molecular formula is C13H16ClF2N2S-. The van der Waals surface area contributed by atoms with Gasteiger partial charge in [0.25, 0.3) is 5.76 Å². The van der Waals surface area contributed by atoms with Gasteiger partial charge in [0.2, 0.25) is 0 Å². The number of rotatable bonds is 3. The number of hydrogen-bond donors (Lipinski definition) is 1. The van der Waals surface area contributed by atoms with Gasteiger partial charge in [-0.1, -0.05) is 18.2 Å². The first-order valence-electron chi connectivity index (χ1n) is 6.09. The summed E-state index contributed by atoms with van der Waals surface area (Å²) in [6, 6.07) is 7.04. The lowest BCUT2D eigenvalue weighted by Gasteiger charge is -2.09. The van der Waals surface area contributed by atoms with Gasteiger partial charge in [-0.3, -0.25) is 4.99 Å². The fourth-order valence-corrected chi connectivity index (χ4v) is 2.36. The van der Waals surface area contributed by atoms with Crippen molar-refractivity contribution >= 4 is 23.3 Å². The zero-order chi connectivity index (χ0) is 12.8. The molecule has 0 saturated carbocycles. The average molecular weight is 306 g/mol. The van der Waals surface area contributed by atoms with E-state index in [2.05, 4.69) is 10.3 Å². The smallest absolute Gasteiger partial charge is 0.288 e. The van der Waals surface area contributed by atoms with E-state index >= 15 is 0 Å². The van der Waals surface area contributed by atoms with E-state index in [1.165, 1.54) is 6.42 Å². The Balaban J connectivity index is 0.00000180. The van der Waals surface area contributed by atoms with E-state index in [4.69, 9.17) is 0 Å². The Morgan fingerprint density at radius 3 is 2.53 bits per heavy atom. The zero-order valence-corrected chi connectivity index (χ0v) is 12.0. The topological polar surface area (TPSA) is 24.4 Å². The van der Waals surface area contributed by atoms with Crippen LogP contribution in [0.3, 0.4) is 0 Å². The number of aliphatic imine (C=N–C) groups is 1. The van der Waals surface area contributed by atoms with Crippen molar-refractivity contribution in [3.05, 3.63) is 24.3 Å². The van der Waals surface area contributed by atoms with Crippen molar-refractivity contribution < 1.29 is 21.2 Å². The van der Waals surface area contributed by atoms with Gasteiger partial charge in [-0.05, 0) is 37.1 Å². The third-order valence-corrected chi connectivity index (χ3v) is 3.46. The molecule has 0 amide bonds. The Hall–Kier alpha value is -0.810. The summed E-state index contributed by atoms with van der Waals surface area (Å²) in [7, 11) is 0. The van der Waals surface area contributed by atoms with Gasteiger partial charge < -0.3 is 17.7 Å². The van der Waals surface area contributed by atoms with Crippen molar-refractivity contribution in [2.45, 2.75) is 36.3 Å². The lowest BCUT2D eigenvalue weighted by Crippen LogP contribution is -3.00. The van der Waals surface area contributed by atoms with Crippen molar-refractivity contribution in [2.24, 2.45) is 4.99 Å². The largest absolute Gasteiger partial charge is 1.00 e. The maximum Gasteiger partial charge on any atom is 0.288 e. The molecule has 1 aromatic carbocycles. The average Bonchev–Trinajstić information content (AvgIpc) is 2.60. The predicted octanol–water partition coefficient (Wildman–Crippen LogP) is 1.39. The second kappa shape index (κ2) is 8.38. The Kier molecular flexibility index (Phi) is 7.16. The molecule has 0 bridgehead atoms. The molecule has 1 N–H and O–H groups in total. The van der Waals surface area contributed by atoms with Crippen molar-refractivity contribution in [3.8, 4) is 0 Å². The number of nitrogens with one attached hydrogen (secondary N) is 1. The molecule has 0 radical (unpaired) electrons. The highest BCUT2D eigenvalue weighted by Gasteiger charge is 2.06. The number of anilines is 1. The van der Waals surface area contributed by atoms with E-state index in [0.29, 0.717) is 16.7 Å². The fraction of sp³-hybridized carbons (Fsp3) is 0.462. The summed E-state index contributed by atoms with van der Waals surface area (Å²) in [5.41, 5.74) is 0.911. The molecule has 6 heteroatoms. The summed E-state index contributed by atoms with van der Waals surface area (Å²) < 4.78 is 24.3. The molecule has 0 atom stereocenters. The quantitative estimate of drug-likeness (QED) is 0.854. The summed E-state index contributed by atoms with van der Waals surface area (Å²) in [6.07, 6.45) is 4.49. The molecule has 0 spiro atoms. The lowest BCUT2D eigenvalue weighted by molar-refractivity contribution is -0.00000586. The van der Waals surface area contributed by atoms with Gasteiger partial charge in [-0.25, -0.2) is 0 Å². The molecular weight excluding hydrogens is 290 g/mol.